The largest absolute Gasteiger partial charge is 0.480 e. The van der Waals surface area contributed by atoms with Gasteiger partial charge in [-0.15, -0.1) is 0 Å². The first kappa shape index (κ1) is 16.3. The fourth-order valence-corrected chi connectivity index (χ4v) is 2.66. The van der Waals surface area contributed by atoms with Crippen LogP contribution in [0.1, 0.15) is 33.1 Å². The van der Waals surface area contributed by atoms with E-state index in [1.165, 1.54) is 13.0 Å². The van der Waals surface area contributed by atoms with Crippen molar-refractivity contribution < 1.29 is 24.3 Å². The van der Waals surface area contributed by atoms with E-state index in [4.69, 9.17) is 10.8 Å². The summed E-state index contributed by atoms with van der Waals surface area (Å²) in [5.74, 6) is -1.22. The first-order chi connectivity index (χ1) is 7.70. The van der Waals surface area contributed by atoms with Crippen molar-refractivity contribution in [3.05, 3.63) is 11.6 Å². The molecule has 0 bridgehead atoms. The summed E-state index contributed by atoms with van der Waals surface area (Å²) in [7, 11) is -4.26. The van der Waals surface area contributed by atoms with Gasteiger partial charge in [-0.05, 0) is 13.3 Å². The lowest BCUT2D eigenvalue weighted by Gasteiger charge is -2.19. The molecule has 0 aliphatic heterocycles. The van der Waals surface area contributed by atoms with E-state index in [2.05, 4.69) is 0 Å². The van der Waals surface area contributed by atoms with Gasteiger partial charge in [0.25, 0.3) is 0 Å². The Hall–Kier alpha value is -0.680. The molecule has 2 unspecified atom stereocenters. The van der Waals surface area contributed by atoms with Gasteiger partial charge in [-0.3, -0.25) is 9.36 Å². The molecule has 0 rings (SSSR count). The van der Waals surface area contributed by atoms with Gasteiger partial charge in [0.1, 0.15) is 6.04 Å². The third kappa shape index (κ3) is 5.98. The minimum Gasteiger partial charge on any atom is -0.480 e. The van der Waals surface area contributed by atoms with Crippen LogP contribution >= 0.6 is 7.60 Å². The van der Waals surface area contributed by atoms with Crippen LogP contribution in [0.2, 0.25) is 0 Å². The molecule has 0 aliphatic carbocycles. The van der Waals surface area contributed by atoms with Crippen molar-refractivity contribution in [2.24, 2.45) is 5.73 Å². The summed E-state index contributed by atoms with van der Waals surface area (Å²) in [4.78, 5) is 29.0. The third-order valence-electron chi connectivity index (χ3n) is 2.49. The highest BCUT2D eigenvalue weighted by atomic mass is 31.2. The van der Waals surface area contributed by atoms with Crippen molar-refractivity contribution in [2.45, 2.75) is 44.8 Å². The smallest absolute Gasteiger partial charge is 0.332 e. The first-order valence-corrected chi connectivity index (χ1v) is 7.10. The molecule has 0 radical (unpaired) electrons. The van der Waals surface area contributed by atoms with E-state index in [0.717, 1.165) is 6.42 Å². The van der Waals surface area contributed by atoms with Crippen LogP contribution in [-0.2, 0) is 9.36 Å². The molecule has 0 aliphatic rings. The van der Waals surface area contributed by atoms with Crippen LogP contribution in [0.15, 0.2) is 11.6 Å². The van der Waals surface area contributed by atoms with Gasteiger partial charge >= 0.3 is 13.6 Å². The quantitative estimate of drug-likeness (QED) is 0.403. The molecule has 0 amide bonds. The van der Waals surface area contributed by atoms with Crippen molar-refractivity contribution in [1.82, 2.24) is 0 Å². The SMILES string of the molecule is CCCCC(C(C)=CC(N)C(=O)O)P(=O)(O)O. The Kier molecular flexibility index (Phi) is 6.64. The Morgan fingerprint density at radius 2 is 2.00 bits per heavy atom. The standard InChI is InChI=1S/C10H20NO5P/c1-3-4-5-9(17(14,15)16)7(2)6-8(11)10(12)13/h6,8-9H,3-5,11H2,1-2H3,(H,12,13)(H2,14,15,16). The van der Waals surface area contributed by atoms with Crippen LogP contribution in [0, 0.1) is 0 Å². The Labute approximate surface area is 101 Å². The fourth-order valence-electron chi connectivity index (χ4n) is 1.52. The molecule has 0 fully saturated rings. The van der Waals surface area contributed by atoms with E-state index in [1.807, 2.05) is 6.92 Å². The summed E-state index contributed by atoms with van der Waals surface area (Å²) in [6.45, 7) is 3.42. The zero-order valence-corrected chi connectivity index (χ0v) is 10.9. The third-order valence-corrected chi connectivity index (χ3v) is 3.97. The Bertz CT molecular complexity index is 336. The summed E-state index contributed by atoms with van der Waals surface area (Å²) in [6, 6.07) is -1.23. The molecule has 17 heavy (non-hydrogen) atoms. The maximum absolute atomic E-state index is 11.3. The molecular weight excluding hydrogens is 245 g/mol. The molecule has 0 saturated carbocycles. The molecule has 2 atom stereocenters. The molecular formula is C10H20NO5P. The van der Waals surface area contributed by atoms with Gasteiger partial charge in [0.2, 0.25) is 0 Å². The fraction of sp³-hybridized carbons (Fsp3) is 0.700. The second kappa shape index (κ2) is 6.91. The molecule has 100 valence electrons. The number of carbonyl (C=O) groups is 1. The molecule has 0 aromatic heterocycles. The number of unbranched alkanes of at least 4 members (excludes halogenated alkanes) is 1. The lowest BCUT2D eigenvalue weighted by atomic mass is 10.1. The van der Waals surface area contributed by atoms with Crippen molar-refractivity contribution in [2.75, 3.05) is 0 Å². The normalized spacial score (nSPS) is 16.6. The predicted octanol–water partition coefficient (Wildman–Crippen LogP) is 1.08. The van der Waals surface area contributed by atoms with Crippen molar-refractivity contribution in [3.63, 3.8) is 0 Å². The number of rotatable bonds is 7. The van der Waals surface area contributed by atoms with Gasteiger partial charge in [-0.2, -0.15) is 0 Å². The lowest BCUT2D eigenvalue weighted by molar-refractivity contribution is -0.137. The van der Waals surface area contributed by atoms with Crippen molar-refractivity contribution in [3.8, 4) is 0 Å². The highest BCUT2D eigenvalue weighted by molar-refractivity contribution is 7.52. The van der Waals surface area contributed by atoms with Crippen LogP contribution in [0.25, 0.3) is 0 Å². The molecule has 6 nitrogen and oxygen atoms in total. The highest BCUT2D eigenvalue weighted by Gasteiger charge is 2.30. The monoisotopic (exact) mass is 265 g/mol. The summed E-state index contributed by atoms with van der Waals surface area (Å²) in [5.41, 5.74) is 4.70. The number of carboxylic acids is 1. The second-order valence-electron chi connectivity index (χ2n) is 4.02. The van der Waals surface area contributed by atoms with E-state index in [1.54, 1.807) is 0 Å². The van der Waals surface area contributed by atoms with Gasteiger partial charge < -0.3 is 20.6 Å². The van der Waals surface area contributed by atoms with Gasteiger partial charge in [-0.25, -0.2) is 0 Å². The summed E-state index contributed by atoms with van der Waals surface area (Å²) >= 11 is 0. The van der Waals surface area contributed by atoms with Gasteiger partial charge in [-0.1, -0.05) is 31.4 Å². The number of nitrogens with two attached hydrogens (primary N) is 1. The van der Waals surface area contributed by atoms with Crippen LogP contribution < -0.4 is 5.73 Å². The van der Waals surface area contributed by atoms with Crippen LogP contribution in [-0.4, -0.2) is 32.6 Å². The zero-order chi connectivity index (χ0) is 13.6. The van der Waals surface area contributed by atoms with Crippen LogP contribution in [0.4, 0.5) is 0 Å². The maximum Gasteiger partial charge on any atom is 0.332 e. The number of carboxylic acid groups (broad SMARTS) is 1. The maximum atomic E-state index is 11.3. The minimum atomic E-state index is -4.26. The second-order valence-corrected chi connectivity index (χ2v) is 5.82. The highest BCUT2D eigenvalue weighted by Crippen LogP contribution is 2.47. The minimum absolute atomic E-state index is 0.329. The average molecular weight is 265 g/mol. The molecule has 7 heteroatoms. The van der Waals surface area contributed by atoms with Gasteiger partial charge in [0.15, 0.2) is 0 Å². The summed E-state index contributed by atoms with van der Waals surface area (Å²) < 4.78 is 11.3. The number of allylic oxidation sites excluding steroid dienone is 1. The molecule has 0 aromatic rings. The Balaban J connectivity index is 4.92. The topological polar surface area (TPSA) is 121 Å². The zero-order valence-electron chi connectivity index (χ0n) is 10.0. The van der Waals surface area contributed by atoms with Crippen molar-refractivity contribution >= 4 is 13.6 Å². The van der Waals surface area contributed by atoms with Crippen molar-refractivity contribution in [1.29, 1.82) is 0 Å². The Morgan fingerprint density at radius 1 is 1.47 bits per heavy atom. The Morgan fingerprint density at radius 3 is 2.35 bits per heavy atom. The van der Waals surface area contributed by atoms with Crippen LogP contribution in [0.5, 0.6) is 0 Å². The summed E-state index contributed by atoms with van der Waals surface area (Å²) in [6.07, 6.45) is 3.01. The molecule has 0 aromatic carbocycles. The first-order valence-electron chi connectivity index (χ1n) is 5.42. The number of hydrogen-bond donors (Lipinski definition) is 4. The number of hydrogen-bond acceptors (Lipinski definition) is 3. The number of aliphatic carboxylic acids is 1. The summed E-state index contributed by atoms with van der Waals surface area (Å²) in [5, 5.41) is 8.63. The van der Waals surface area contributed by atoms with Gasteiger partial charge in [0, 0.05) is 0 Å². The van der Waals surface area contributed by atoms with E-state index in [-0.39, 0.29) is 0 Å². The van der Waals surface area contributed by atoms with Crippen LogP contribution in [0.3, 0.4) is 0 Å². The molecule has 5 N–H and O–H groups in total. The molecule has 0 spiro atoms. The average Bonchev–Trinajstić information content (AvgIpc) is 2.15. The van der Waals surface area contributed by atoms with E-state index in [9.17, 15) is 19.1 Å². The van der Waals surface area contributed by atoms with Gasteiger partial charge in [0.05, 0.1) is 5.66 Å². The molecule has 0 saturated heterocycles. The van der Waals surface area contributed by atoms with E-state index >= 15 is 0 Å². The van der Waals surface area contributed by atoms with E-state index < -0.39 is 25.3 Å². The lowest BCUT2D eigenvalue weighted by Crippen LogP contribution is -2.29. The molecule has 0 heterocycles. The predicted molar refractivity (Wildman–Crippen MR) is 64.7 cm³/mol. The van der Waals surface area contributed by atoms with E-state index in [0.29, 0.717) is 18.4 Å².